The molecule has 0 N–H and O–H groups in total. The summed E-state index contributed by atoms with van der Waals surface area (Å²) in [5.41, 5.74) is 3.73. The van der Waals surface area contributed by atoms with Gasteiger partial charge in [0, 0.05) is 17.8 Å². The number of fused-ring (bicyclic) bond motifs is 2. The van der Waals surface area contributed by atoms with Crippen molar-refractivity contribution in [2.75, 3.05) is 0 Å². The van der Waals surface area contributed by atoms with Crippen molar-refractivity contribution in [2.45, 2.75) is 118 Å². The maximum atomic E-state index is 12.6. The highest BCUT2D eigenvalue weighted by Crippen LogP contribution is 2.61. The van der Waals surface area contributed by atoms with Gasteiger partial charge in [-0.3, -0.25) is 9.59 Å². The third kappa shape index (κ3) is 4.07. The van der Waals surface area contributed by atoms with Crippen LogP contribution in [-0.2, 0) is 14.3 Å². The van der Waals surface area contributed by atoms with E-state index in [4.69, 9.17) is 4.74 Å². The second-order valence-electron chi connectivity index (χ2n) is 11.3. The van der Waals surface area contributed by atoms with Gasteiger partial charge in [0.1, 0.15) is 5.60 Å². The number of ketones is 1. The molecular weight excluding hydrogens is 384 g/mol. The molecule has 0 aromatic rings. The minimum Gasteiger partial charge on any atom is -0.459 e. The Morgan fingerprint density at radius 2 is 1.77 bits per heavy atom. The van der Waals surface area contributed by atoms with Crippen molar-refractivity contribution in [3.05, 3.63) is 22.8 Å². The SMILES string of the molecule is CCCC(CCC)(OC(C)=O)[C@@]1(C)CCC2=C3CC(C)(C)C(=O)C=C3CC[C@H]2C1CC. The van der Waals surface area contributed by atoms with Gasteiger partial charge in [0.05, 0.1) is 0 Å². The summed E-state index contributed by atoms with van der Waals surface area (Å²) in [4.78, 5) is 24.9. The van der Waals surface area contributed by atoms with E-state index >= 15 is 0 Å². The van der Waals surface area contributed by atoms with Gasteiger partial charge in [0.15, 0.2) is 5.78 Å². The molecule has 0 radical (unpaired) electrons. The average molecular weight is 429 g/mol. The summed E-state index contributed by atoms with van der Waals surface area (Å²) in [5.74, 6) is 1.20. The predicted octanol–water partition coefficient (Wildman–Crippen LogP) is 7.35. The quantitative estimate of drug-likeness (QED) is 0.398. The van der Waals surface area contributed by atoms with Crippen LogP contribution in [0.25, 0.3) is 0 Å². The Balaban J connectivity index is 2.08. The van der Waals surface area contributed by atoms with Gasteiger partial charge in [-0.1, -0.05) is 66.4 Å². The van der Waals surface area contributed by atoms with Gasteiger partial charge in [-0.05, 0) is 74.0 Å². The summed E-state index contributed by atoms with van der Waals surface area (Å²) in [7, 11) is 0. The zero-order valence-electron chi connectivity index (χ0n) is 21.0. The number of hydrogen-bond acceptors (Lipinski definition) is 3. The minimum absolute atomic E-state index is 0.0185. The van der Waals surface area contributed by atoms with Crippen molar-refractivity contribution in [3.8, 4) is 0 Å². The number of esters is 1. The summed E-state index contributed by atoms with van der Waals surface area (Å²) in [5, 5.41) is 0. The van der Waals surface area contributed by atoms with Gasteiger partial charge >= 0.3 is 5.97 Å². The maximum absolute atomic E-state index is 12.6. The van der Waals surface area contributed by atoms with Crippen LogP contribution in [0, 0.1) is 22.7 Å². The largest absolute Gasteiger partial charge is 0.459 e. The van der Waals surface area contributed by atoms with Crippen molar-refractivity contribution in [3.63, 3.8) is 0 Å². The van der Waals surface area contributed by atoms with Crippen molar-refractivity contribution in [1.82, 2.24) is 0 Å². The van der Waals surface area contributed by atoms with Crippen molar-refractivity contribution < 1.29 is 14.3 Å². The van der Waals surface area contributed by atoms with E-state index in [1.807, 2.05) is 6.08 Å². The summed E-state index contributed by atoms with van der Waals surface area (Å²) < 4.78 is 6.32. The Kier molecular flexibility index (Phi) is 6.94. The number of carbonyl (C=O) groups is 2. The summed E-state index contributed by atoms with van der Waals surface area (Å²) >= 11 is 0. The molecule has 1 saturated carbocycles. The van der Waals surface area contributed by atoms with E-state index < -0.39 is 0 Å². The smallest absolute Gasteiger partial charge is 0.303 e. The number of allylic oxidation sites excluding steroid dienone is 4. The monoisotopic (exact) mass is 428 g/mol. The second kappa shape index (κ2) is 8.87. The molecule has 3 nitrogen and oxygen atoms in total. The fraction of sp³-hybridized carbons (Fsp3) is 0.786. The highest BCUT2D eigenvalue weighted by Gasteiger charge is 2.58. The number of rotatable bonds is 7. The Bertz CT molecular complexity index is 778. The van der Waals surface area contributed by atoms with Crippen LogP contribution in [0.5, 0.6) is 0 Å². The molecule has 0 aromatic carbocycles. The zero-order valence-corrected chi connectivity index (χ0v) is 21.0. The molecule has 0 heterocycles. The standard InChI is InChI=1S/C28H44O3/c1-8-14-28(15-9-2,31-19(4)29)27(7)16-13-21-22(24(27)10-3)12-11-20-17-25(30)26(5,6)18-23(20)21/h17,22,24H,8-16,18H2,1-7H3/t22-,24?,27+/m1/s1. The van der Waals surface area contributed by atoms with Crippen molar-refractivity contribution in [2.24, 2.45) is 22.7 Å². The Labute approximate surface area is 190 Å². The Hall–Kier alpha value is -1.38. The van der Waals surface area contributed by atoms with E-state index in [1.54, 1.807) is 12.5 Å². The van der Waals surface area contributed by atoms with Crippen LogP contribution in [0.3, 0.4) is 0 Å². The van der Waals surface area contributed by atoms with E-state index in [0.29, 0.717) is 11.8 Å². The summed E-state index contributed by atoms with van der Waals surface area (Å²) in [6.07, 6.45) is 12.2. The topological polar surface area (TPSA) is 43.4 Å². The van der Waals surface area contributed by atoms with Crippen LogP contribution in [-0.4, -0.2) is 17.4 Å². The lowest BCUT2D eigenvalue weighted by Crippen LogP contribution is -2.57. The first kappa shape index (κ1) is 24.3. The van der Waals surface area contributed by atoms with Gasteiger partial charge < -0.3 is 4.74 Å². The molecule has 0 saturated heterocycles. The molecular formula is C28H44O3. The summed E-state index contributed by atoms with van der Waals surface area (Å²) in [6, 6.07) is 0. The van der Waals surface area contributed by atoms with Crippen molar-refractivity contribution in [1.29, 1.82) is 0 Å². The van der Waals surface area contributed by atoms with E-state index in [2.05, 4.69) is 41.5 Å². The molecule has 174 valence electrons. The normalized spacial score (nSPS) is 30.4. The van der Waals surface area contributed by atoms with Gasteiger partial charge in [-0.2, -0.15) is 0 Å². The zero-order chi connectivity index (χ0) is 23.0. The molecule has 1 unspecified atom stereocenters. The van der Waals surface area contributed by atoms with Gasteiger partial charge in [-0.25, -0.2) is 0 Å². The fourth-order valence-electron chi connectivity index (χ4n) is 7.44. The molecule has 31 heavy (non-hydrogen) atoms. The Morgan fingerprint density at radius 1 is 1.13 bits per heavy atom. The molecule has 0 aromatic heterocycles. The van der Waals surface area contributed by atoms with E-state index in [9.17, 15) is 9.59 Å². The molecule has 0 spiro atoms. The van der Waals surface area contributed by atoms with Gasteiger partial charge in [-0.15, -0.1) is 0 Å². The highest BCUT2D eigenvalue weighted by atomic mass is 16.6. The minimum atomic E-state index is -0.378. The fourth-order valence-corrected chi connectivity index (χ4v) is 7.44. The predicted molar refractivity (Wildman–Crippen MR) is 127 cm³/mol. The van der Waals surface area contributed by atoms with Crippen molar-refractivity contribution >= 4 is 11.8 Å². The highest BCUT2D eigenvalue weighted by molar-refractivity contribution is 5.97. The molecule has 3 heteroatoms. The van der Waals surface area contributed by atoms with E-state index in [-0.39, 0.29) is 28.2 Å². The Morgan fingerprint density at radius 3 is 2.32 bits per heavy atom. The van der Waals surface area contributed by atoms with Crippen LogP contribution in [0.1, 0.15) is 113 Å². The molecule has 3 aliphatic carbocycles. The van der Waals surface area contributed by atoms with Gasteiger partial charge in [0.2, 0.25) is 0 Å². The van der Waals surface area contributed by atoms with Crippen LogP contribution in [0.15, 0.2) is 22.8 Å². The first-order valence-electron chi connectivity index (χ1n) is 12.7. The van der Waals surface area contributed by atoms with Crippen LogP contribution in [0.4, 0.5) is 0 Å². The molecule has 3 aliphatic rings. The molecule has 3 atom stereocenters. The molecule has 0 bridgehead atoms. The van der Waals surface area contributed by atoms with E-state index in [1.165, 1.54) is 11.1 Å². The lowest BCUT2D eigenvalue weighted by atomic mass is 9.49. The number of hydrogen-bond donors (Lipinski definition) is 0. The number of ether oxygens (including phenoxy) is 1. The third-order valence-electron chi connectivity index (χ3n) is 8.88. The van der Waals surface area contributed by atoms with Crippen LogP contribution in [0.2, 0.25) is 0 Å². The van der Waals surface area contributed by atoms with Gasteiger partial charge in [0.25, 0.3) is 0 Å². The average Bonchev–Trinajstić information content (AvgIpc) is 2.68. The summed E-state index contributed by atoms with van der Waals surface area (Å²) in [6.45, 7) is 15.0. The second-order valence-corrected chi connectivity index (χ2v) is 11.3. The lowest BCUT2D eigenvalue weighted by molar-refractivity contribution is -0.193. The lowest BCUT2D eigenvalue weighted by Gasteiger charge is -2.58. The van der Waals surface area contributed by atoms with Crippen LogP contribution < -0.4 is 0 Å². The first-order chi connectivity index (χ1) is 14.5. The number of carbonyl (C=O) groups excluding carboxylic acids is 2. The first-order valence-corrected chi connectivity index (χ1v) is 12.7. The molecule has 1 fully saturated rings. The molecule has 0 amide bonds. The molecule has 3 rings (SSSR count). The molecule has 0 aliphatic heterocycles. The van der Waals surface area contributed by atoms with E-state index in [0.717, 1.165) is 64.2 Å². The third-order valence-corrected chi connectivity index (χ3v) is 8.88. The maximum Gasteiger partial charge on any atom is 0.303 e. The van der Waals surface area contributed by atoms with Crippen LogP contribution >= 0.6 is 0 Å².